The number of hydrogen-bond donors (Lipinski definition) is 1. The quantitative estimate of drug-likeness (QED) is 0.432. The van der Waals surface area contributed by atoms with Crippen molar-refractivity contribution in [1.82, 2.24) is 9.80 Å². The van der Waals surface area contributed by atoms with E-state index in [1.165, 1.54) is 11.8 Å². The molecule has 2 saturated heterocycles. The first-order chi connectivity index (χ1) is 16.3. The summed E-state index contributed by atoms with van der Waals surface area (Å²) >= 11 is 0. The van der Waals surface area contributed by atoms with Gasteiger partial charge in [0.05, 0.1) is 23.6 Å². The van der Waals surface area contributed by atoms with Crippen LogP contribution in [-0.4, -0.2) is 72.9 Å². The number of likely N-dealkylation sites (tertiary alicyclic amines) is 1. The Labute approximate surface area is 214 Å². The molecule has 4 rings (SSSR count). The summed E-state index contributed by atoms with van der Waals surface area (Å²) in [6, 6.07) is 5.81. The SMILES string of the molecule is CC(=O)Nc1ccc(N2CCN(CCCN3C(=O)C4CC=CCC4C3=O)CC2)c(OC(C)C)c1.Cl. The normalized spacial score (nSPS) is 22.3. The Kier molecular flexibility index (Phi) is 9.19. The molecule has 2 heterocycles. The van der Waals surface area contributed by atoms with Gasteiger partial charge in [0.15, 0.2) is 0 Å². The molecule has 9 heteroatoms. The summed E-state index contributed by atoms with van der Waals surface area (Å²) in [6.45, 7) is 10.4. The molecule has 0 aromatic heterocycles. The van der Waals surface area contributed by atoms with Gasteiger partial charge in [-0.05, 0) is 51.8 Å². The van der Waals surface area contributed by atoms with E-state index in [4.69, 9.17) is 4.74 Å². The number of imide groups is 1. The van der Waals surface area contributed by atoms with Crippen LogP contribution in [-0.2, 0) is 14.4 Å². The van der Waals surface area contributed by atoms with Crippen molar-refractivity contribution in [3.63, 3.8) is 0 Å². The fraction of sp³-hybridized carbons (Fsp3) is 0.577. The van der Waals surface area contributed by atoms with Crippen molar-refractivity contribution < 1.29 is 19.1 Å². The van der Waals surface area contributed by atoms with E-state index in [1.54, 1.807) is 0 Å². The highest BCUT2D eigenvalue weighted by Crippen LogP contribution is 2.35. The third-order valence-electron chi connectivity index (χ3n) is 6.81. The number of piperazine rings is 1. The van der Waals surface area contributed by atoms with Crippen molar-refractivity contribution in [3.05, 3.63) is 30.4 Å². The van der Waals surface area contributed by atoms with Crippen molar-refractivity contribution in [2.24, 2.45) is 11.8 Å². The van der Waals surface area contributed by atoms with Gasteiger partial charge in [-0.15, -0.1) is 12.4 Å². The number of ether oxygens (including phenoxy) is 1. The molecule has 0 bridgehead atoms. The van der Waals surface area contributed by atoms with Crippen LogP contribution in [0.15, 0.2) is 30.4 Å². The van der Waals surface area contributed by atoms with Crippen molar-refractivity contribution >= 4 is 41.5 Å². The maximum absolute atomic E-state index is 12.6. The van der Waals surface area contributed by atoms with E-state index in [2.05, 4.69) is 15.1 Å². The van der Waals surface area contributed by atoms with Crippen molar-refractivity contribution in [2.45, 2.75) is 46.1 Å². The number of carbonyl (C=O) groups excluding carboxylic acids is 3. The number of allylic oxidation sites excluding steroid dienone is 2. The van der Waals surface area contributed by atoms with Crippen LogP contribution in [0.2, 0.25) is 0 Å². The summed E-state index contributed by atoms with van der Waals surface area (Å²) in [4.78, 5) is 42.9. The molecular weight excluding hydrogens is 468 g/mol. The molecule has 1 aliphatic carbocycles. The number of rotatable bonds is 8. The lowest BCUT2D eigenvalue weighted by atomic mass is 9.85. The number of nitrogens with one attached hydrogen (secondary N) is 1. The largest absolute Gasteiger partial charge is 0.489 e. The third-order valence-corrected chi connectivity index (χ3v) is 6.81. The second-order valence-electron chi connectivity index (χ2n) is 9.70. The molecular formula is C26H37ClN4O4. The van der Waals surface area contributed by atoms with E-state index in [-0.39, 0.29) is 48.1 Å². The number of halogens is 1. The third kappa shape index (κ3) is 6.35. The molecule has 3 amide bonds. The first-order valence-corrected chi connectivity index (χ1v) is 12.4. The number of hydrogen-bond acceptors (Lipinski definition) is 6. The molecule has 1 aromatic rings. The number of benzene rings is 1. The lowest BCUT2D eigenvalue weighted by Gasteiger charge is -2.37. The van der Waals surface area contributed by atoms with E-state index in [0.29, 0.717) is 19.4 Å². The summed E-state index contributed by atoms with van der Waals surface area (Å²) in [5.41, 5.74) is 1.76. The van der Waals surface area contributed by atoms with Crippen LogP contribution in [0, 0.1) is 11.8 Å². The van der Waals surface area contributed by atoms with Gasteiger partial charge in [0, 0.05) is 51.4 Å². The molecule has 1 N–H and O–H groups in total. The average Bonchev–Trinajstić information content (AvgIpc) is 3.04. The molecule has 2 fully saturated rings. The highest BCUT2D eigenvalue weighted by atomic mass is 35.5. The number of fused-ring (bicyclic) bond motifs is 1. The molecule has 1 aromatic carbocycles. The fourth-order valence-electron chi connectivity index (χ4n) is 5.16. The monoisotopic (exact) mass is 504 g/mol. The zero-order valence-corrected chi connectivity index (χ0v) is 21.7. The second kappa shape index (κ2) is 11.9. The summed E-state index contributed by atoms with van der Waals surface area (Å²) in [7, 11) is 0. The van der Waals surface area contributed by atoms with Crippen LogP contribution >= 0.6 is 12.4 Å². The Morgan fingerprint density at radius 2 is 1.66 bits per heavy atom. The van der Waals surface area contributed by atoms with Crippen LogP contribution in [0.25, 0.3) is 0 Å². The first kappa shape index (κ1) is 27.0. The van der Waals surface area contributed by atoms with Gasteiger partial charge in [0.25, 0.3) is 0 Å². The van der Waals surface area contributed by atoms with Crippen LogP contribution < -0.4 is 15.0 Å². The number of carbonyl (C=O) groups is 3. The van der Waals surface area contributed by atoms with Gasteiger partial charge in [-0.2, -0.15) is 0 Å². The zero-order valence-electron chi connectivity index (χ0n) is 20.9. The van der Waals surface area contributed by atoms with Crippen molar-refractivity contribution in [2.75, 3.05) is 49.5 Å². The summed E-state index contributed by atoms with van der Waals surface area (Å²) in [5.74, 6) is 0.427. The van der Waals surface area contributed by atoms with E-state index in [0.717, 1.165) is 56.3 Å². The van der Waals surface area contributed by atoms with Crippen LogP contribution in [0.1, 0.15) is 40.0 Å². The minimum Gasteiger partial charge on any atom is -0.489 e. The summed E-state index contributed by atoms with van der Waals surface area (Å²) < 4.78 is 6.05. The van der Waals surface area contributed by atoms with Gasteiger partial charge < -0.3 is 15.0 Å². The van der Waals surface area contributed by atoms with Gasteiger partial charge >= 0.3 is 0 Å². The van der Waals surface area contributed by atoms with Crippen molar-refractivity contribution in [3.8, 4) is 5.75 Å². The topological polar surface area (TPSA) is 82.2 Å². The highest BCUT2D eigenvalue weighted by Gasteiger charge is 2.46. The predicted octanol–water partition coefficient (Wildman–Crippen LogP) is 3.32. The first-order valence-electron chi connectivity index (χ1n) is 12.4. The molecule has 35 heavy (non-hydrogen) atoms. The van der Waals surface area contributed by atoms with E-state index in [1.807, 2.05) is 44.2 Å². The Bertz CT molecular complexity index is 933. The molecule has 0 spiro atoms. The minimum atomic E-state index is -0.139. The smallest absolute Gasteiger partial charge is 0.233 e. The Hall–Kier alpha value is -2.58. The number of nitrogens with zero attached hydrogens (tertiary/aromatic N) is 3. The molecule has 3 aliphatic rings. The second-order valence-corrected chi connectivity index (χ2v) is 9.70. The summed E-state index contributed by atoms with van der Waals surface area (Å²) in [6.07, 6.45) is 6.28. The zero-order chi connectivity index (χ0) is 24.2. The van der Waals surface area contributed by atoms with E-state index >= 15 is 0 Å². The molecule has 0 saturated carbocycles. The molecule has 8 nitrogen and oxygen atoms in total. The van der Waals surface area contributed by atoms with Crippen LogP contribution in [0.3, 0.4) is 0 Å². The number of anilines is 2. The summed E-state index contributed by atoms with van der Waals surface area (Å²) in [5, 5.41) is 2.82. The minimum absolute atomic E-state index is 0. The molecule has 2 atom stereocenters. The highest BCUT2D eigenvalue weighted by molar-refractivity contribution is 6.05. The molecule has 2 unspecified atom stereocenters. The number of amides is 3. The molecule has 2 aliphatic heterocycles. The van der Waals surface area contributed by atoms with Gasteiger partial charge in [-0.25, -0.2) is 0 Å². The predicted molar refractivity (Wildman–Crippen MR) is 139 cm³/mol. The lowest BCUT2D eigenvalue weighted by Crippen LogP contribution is -2.47. The standard InChI is InChI=1S/C26H36N4O4.ClH/c1-18(2)34-24-17-20(27-19(3)31)9-10-23(24)29-15-13-28(14-16-29)11-6-12-30-25(32)21-7-4-5-8-22(21)26(30)33;/h4-5,9-10,17-18,21-22H,6-8,11-16H2,1-3H3,(H,27,31);1H. The molecule has 0 radical (unpaired) electrons. The molecule has 192 valence electrons. The lowest BCUT2D eigenvalue weighted by molar-refractivity contribution is -0.140. The van der Waals surface area contributed by atoms with E-state index in [9.17, 15) is 14.4 Å². The van der Waals surface area contributed by atoms with Gasteiger partial charge in [-0.1, -0.05) is 12.2 Å². The average molecular weight is 505 g/mol. The Morgan fingerprint density at radius 1 is 1.03 bits per heavy atom. The maximum Gasteiger partial charge on any atom is 0.233 e. The van der Waals surface area contributed by atoms with E-state index < -0.39 is 0 Å². The van der Waals surface area contributed by atoms with Gasteiger partial charge in [0.1, 0.15) is 5.75 Å². The van der Waals surface area contributed by atoms with Gasteiger partial charge in [0.2, 0.25) is 17.7 Å². The fourth-order valence-corrected chi connectivity index (χ4v) is 5.16. The van der Waals surface area contributed by atoms with Crippen molar-refractivity contribution in [1.29, 1.82) is 0 Å². The van der Waals surface area contributed by atoms with Gasteiger partial charge in [-0.3, -0.25) is 24.2 Å². The van der Waals surface area contributed by atoms with Crippen LogP contribution in [0.4, 0.5) is 11.4 Å². The maximum atomic E-state index is 12.6. The Balaban J connectivity index is 0.00000342. The van der Waals surface area contributed by atoms with Crippen LogP contribution in [0.5, 0.6) is 5.75 Å². The Morgan fingerprint density at radius 3 is 2.23 bits per heavy atom.